The number of aliphatic hydroxyl groups excluding tert-OH is 1. The molecule has 0 radical (unpaired) electrons. The first-order chi connectivity index (χ1) is 9.02. The van der Waals surface area contributed by atoms with E-state index < -0.39 is 5.82 Å². The fourth-order valence-electron chi connectivity index (χ4n) is 1.27. The Morgan fingerprint density at radius 1 is 1.53 bits per heavy atom. The molecule has 0 aromatic heterocycles. The molecule has 1 rings (SSSR count). The minimum atomic E-state index is -0.552. The van der Waals surface area contributed by atoms with E-state index in [2.05, 4.69) is 17.2 Å². The predicted octanol–water partition coefficient (Wildman–Crippen LogP) is 1.53. The van der Waals surface area contributed by atoms with E-state index in [4.69, 9.17) is 9.84 Å². The number of rotatable bonds is 4. The molecule has 0 heterocycles. The van der Waals surface area contributed by atoms with Crippen molar-refractivity contribution in [2.45, 2.75) is 20.0 Å². The summed E-state index contributed by atoms with van der Waals surface area (Å²) in [6.07, 6.45) is -0.0429. The quantitative estimate of drug-likeness (QED) is 0.812. The van der Waals surface area contributed by atoms with Crippen molar-refractivity contribution in [1.82, 2.24) is 0 Å². The van der Waals surface area contributed by atoms with Gasteiger partial charge in [-0.1, -0.05) is 11.8 Å². The average Bonchev–Trinajstić information content (AvgIpc) is 2.35. The van der Waals surface area contributed by atoms with Crippen molar-refractivity contribution >= 4 is 11.6 Å². The van der Waals surface area contributed by atoms with Crippen molar-refractivity contribution in [2.75, 3.05) is 18.5 Å². The molecule has 5 heteroatoms. The summed E-state index contributed by atoms with van der Waals surface area (Å²) in [5.41, 5.74) is 0.509. The van der Waals surface area contributed by atoms with Crippen molar-refractivity contribution < 1.29 is 19.0 Å². The van der Waals surface area contributed by atoms with Crippen molar-refractivity contribution in [3.63, 3.8) is 0 Å². The van der Waals surface area contributed by atoms with Gasteiger partial charge in [0, 0.05) is 5.69 Å². The second kappa shape index (κ2) is 7.52. The molecule has 0 aliphatic rings. The maximum atomic E-state index is 13.6. The monoisotopic (exact) mass is 265 g/mol. The molecule has 4 nitrogen and oxygen atoms in total. The highest BCUT2D eigenvalue weighted by Crippen LogP contribution is 2.13. The van der Waals surface area contributed by atoms with Crippen LogP contribution in [0.3, 0.4) is 0 Å². The number of ether oxygens (including phenoxy) is 1. The summed E-state index contributed by atoms with van der Waals surface area (Å²) in [5, 5.41) is 11.0. The third-order valence-electron chi connectivity index (χ3n) is 2.10. The van der Waals surface area contributed by atoms with Crippen LogP contribution in [0.1, 0.15) is 19.4 Å². The van der Waals surface area contributed by atoms with Gasteiger partial charge in [0.05, 0.1) is 11.7 Å². The summed E-state index contributed by atoms with van der Waals surface area (Å²) in [4.78, 5) is 11.5. The first-order valence-corrected chi connectivity index (χ1v) is 5.83. The molecule has 0 spiro atoms. The Morgan fingerprint density at radius 3 is 2.84 bits per heavy atom. The molecule has 0 saturated heterocycles. The van der Waals surface area contributed by atoms with Gasteiger partial charge in [0.1, 0.15) is 19.0 Å². The highest BCUT2D eigenvalue weighted by atomic mass is 19.1. The minimum absolute atomic E-state index is 0.0429. The number of carbonyl (C=O) groups is 1. The van der Waals surface area contributed by atoms with Crippen LogP contribution in [0.2, 0.25) is 0 Å². The summed E-state index contributed by atoms with van der Waals surface area (Å²) in [6.45, 7) is 3.24. The summed E-state index contributed by atoms with van der Waals surface area (Å²) in [7, 11) is 0. The smallest absolute Gasteiger partial charge is 0.250 e. The van der Waals surface area contributed by atoms with Crippen LogP contribution in [-0.2, 0) is 9.53 Å². The molecule has 0 aliphatic heterocycles. The lowest BCUT2D eigenvalue weighted by atomic mass is 10.2. The van der Waals surface area contributed by atoms with Gasteiger partial charge in [-0.25, -0.2) is 4.39 Å². The first kappa shape index (κ1) is 15.2. The van der Waals surface area contributed by atoms with Gasteiger partial charge in [-0.3, -0.25) is 4.79 Å². The Kier molecular flexibility index (Phi) is 6.00. The minimum Gasteiger partial charge on any atom is -0.384 e. The Balaban J connectivity index is 2.65. The lowest BCUT2D eigenvalue weighted by Crippen LogP contribution is -2.20. The highest BCUT2D eigenvalue weighted by molar-refractivity contribution is 5.91. The van der Waals surface area contributed by atoms with Gasteiger partial charge >= 0.3 is 0 Å². The average molecular weight is 265 g/mol. The number of aliphatic hydroxyl groups is 1. The Labute approximate surface area is 111 Å². The van der Waals surface area contributed by atoms with E-state index >= 15 is 0 Å². The molecule has 102 valence electrons. The lowest BCUT2D eigenvalue weighted by molar-refractivity contribution is -0.121. The first-order valence-electron chi connectivity index (χ1n) is 5.83. The normalized spacial score (nSPS) is 9.95. The zero-order valence-electron chi connectivity index (χ0n) is 10.9. The molecule has 0 bridgehead atoms. The maximum Gasteiger partial charge on any atom is 0.250 e. The molecule has 2 N–H and O–H groups in total. The second-order valence-electron chi connectivity index (χ2n) is 4.06. The molecular formula is C14H16FNO3. The molecule has 1 aromatic carbocycles. The molecule has 0 aliphatic carbocycles. The van der Waals surface area contributed by atoms with Crippen LogP contribution in [0.4, 0.5) is 10.1 Å². The standard InChI is InChI=1S/C14H16FNO3/c1-10(2)19-9-14(18)16-12-6-5-11(4-3-7-17)13(15)8-12/h5-6,8,10,17H,7,9H2,1-2H3,(H,16,18). The number of hydrogen-bond donors (Lipinski definition) is 2. The number of anilines is 1. The largest absolute Gasteiger partial charge is 0.384 e. The summed E-state index contributed by atoms with van der Waals surface area (Å²) in [6, 6.07) is 4.16. The zero-order valence-corrected chi connectivity index (χ0v) is 10.9. The zero-order chi connectivity index (χ0) is 14.3. The Hall–Kier alpha value is -1.90. The van der Waals surface area contributed by atoms with Crippen molar-refractivity contribution in [3.8, 4) is 11.8 Å². The summed E-state index contributed by atoms with van der Waals surface area (Å²) >= 11 is 0. The van der Waals surface area contributed by atoms with Crippen LogP contribution >= 0.6 is 0 Å². The van der Waals surface area contributed by atoms with E-state index in [1.807, 2.05) is 13.8 Å². The van der Waals surface area contributed by atoms with E-state index in [9.17, 15) is 9.18 Å². The summed E-state index contributed by atoms with van der Waals surface area (Å²) in [5.74, 6) is 3.93. The second-order valence-corrected chi connectivity index (χ2v) is 4.06. The summed E-state index contributed by atoms with van der Waals surface area (Å²) < 4.78 is 18.7. The fourth-order valence-corrected chi connectivity index (χ4v) is 1.27. The van der Waals surface area contributed by atoms with Gasteiger partial charge in [0.25, 0.3) is 0 Å². The molecular weight excluding hydrogens is 249 g/mol. The number of benzene rings is 1. The number of halogens is 1. The van der Waals surface area contributed by atoms with Crippen molar-refractivity contribution in [3.05, 3.63) is 29.6 Å². The van der Waals surface area contributed by atoms with E-state index in [0.717, 1.165) is 0 Å². The molecule has 0 fully saturated rings. The molecule has 0 saturated carbocycles. The predicted molar refractivity (Wildman–Crippen MR) is 70.1 cm³/mol. The van der Waals surface area contributed by atoms with E-state index in [1.165, 1.54) is 18.2 Å². The lowest BCUT2D eigenvalue weighted by Gasteiger charge is -2.08. The molecule has 1 amide bonds. The van der Waals surface area contributed by atoms with Crippen LogP contribution in [0.15, 0.2) is 18.2 Å². The van der Waals surface area contributed by atoms with Gasteiger partial charge in [-0.15, -0.1) is 0 Å². The molecule has 0 atom stereocenters. The van der Waals surface area contributed by atoms with Crippen molar-refractivity contribution in [1.29, 1.82) is 0 Å². The number of hydrogen-bond acceptors (Lipinski definition) is 3. The van der Waals surface area contributed by atoms with Gasteiger partial charge in [-0.2, -0.15) is 0 Å². The third-order valence-corrected chi connectivity index (χ3v) is 2.10. The van der Waals surface area contributed by atoms with Gasteiger partial charge in [0.2, 0.25) is 5.91 Å². The Bertz CT molecular complexity index is 503. The van der Waals surface area contributed by atoms with Gasteiger partial charge < -0.3 is 15.2 Å². The van der Waals surface area contributed by atoms with Gasteiger partial charge in [-0.05, 0) is 32.0 Å². The Morgan fingerprint density at radius 2 is 2.26 bits per heavy atom. The molecule has 0 unspecified atom stereocenters. The van der Waals surface area contributed by atoms with Crippen LogP contribution in [0.25, 0.3) is 0 Å². The SMILES string of the molecule is CC(C)OCC(=O)Nc1ccc(C#CCO)c(F)c1. The van der Waals surface area contributed by atoms with Crippen LogP contribution in [0.5, 0.6) is 0 Å². The third kappa shape index (κ3) is 5.51. The number of nitrogens with one attached hydrogen (secondary N) is 1. The number of carbonyl (C=O) groups excluding carboxylic acids is 1. The topological polar surface area (TPSA) is 58.6 Å². The molecule has 1 aromatic rings. The van der Waals surface area contributed by atoms with Crippen LogP contribution in [-0.4, -0.2) is 30.3 Å². The van der Waals surface area contributed by atoms with E-state index in [0.29, 0.717) is 5.69 Å². The van der Waals surface area contributed by atoms with Crippen molar-refractivity contribution in [2.24, 2.45) is 0 Å². The highest BCUT2D eigenvalue weighted by Gasteiger charge is 2.06. The van der Waals surface area contributed by atoms with Crippen LogP contribution in [0, 0.1) is 17.7 Å². The van der Waals surface area contributed by atoms with E-state index in [-0.39, 0.29) is 30.8 Å². The fraction of sp³-hybridized carbons (Fsp3) is 0.357. The van der Waals surface area contributed by atoms with Crippen LogP contribution < -0.4 is 5.32 Å². The molecule has 19 heavy (non-hydrogen) atoms. The van der Waals surface area contributed by atoms with E-state index in [1.54, 1.807) is 0 Å². The maximum absolute atomic E-state index is 13.6. The number of amides is 1. The van der Waals surface area contributed by atoms with Gasteiger partial charge in [0.15, 0.2) is 0 Å².